The minimum atomic E-state index is -0.432. The number of hydrogen-bond donors (Lipinski definition) is 1. The Morgan fingerprint density at radius 1 is 1.07 bits per heavy atom. The smallest absolute Gasteiger partial charge is 0.269 e. The number of piperazine rings is 1. The molecule has 1 aliphatic heterocycles. The number of carbonyl (C=O) groups excluding carboxylic acids is 2. The number of halogens is 1. The largest absolute Gasteiger partial charge is 0.368 e. The predicted molar refractivity (Wildman–Crippen MR) is 106 cm³/mol. The van der Waals surface area contributed by atoms with Crippen LogP contribution < -0.4 is 10.2 Å². The van der Waals surface area contributed by atoms with Gasteiger partial charge in [0.2, 0.25) is 5.91 Å². The summed E-state index contributed by atoms with van der Waals surface area (Å²) in [7, 11) is 0. The number of amides is 2. The summed E-state index contributed by atoms with van der Waals surface area (Å²) < 4.78 is 0. The van der Waals surface area contributed by atoms with Crippen LogP contribution >= 0.6 is 11.6 Å². The Morgan fingerprint density at radius 3 is 2.36 bits per heavy atom. The minimum Gasteiger partial charge on any atom is -0.368 e. The summed E-state index contributed by atoms with van der Waals surface area (Å²) in [5.41, 5.74) is 1.34. The molecule has 1 aliphatic rings. The lowest BCUT2D eigenvalue weighted by molar-refractivity contribution is -0.384. The number of rotatable bonds is 5. The third-order valence-corrected chi connectivity index (χ3v) is 4.78. The van der Waals surface area contributed by atoms with Crippen LogP contribution in [0.15, 0.2) is 48.5 Å². The maximum Gasteiger partial charge on any atom is 0.269 e. The second kappa shape index (κ2) is 8.71. The average molecular weight is 403 g/mol. The van der Waals surface area contributed by atoms with Crippen molar-refractivity contribution in [3.8, 4) is 0 Å². The number of nitro benzene ring substituents is 1. The number of anilines is 1. The second-order valence-electron chi connectivity index (χ2n) is 6.33. The first-order chi connectivity index (χ1) is 13.4. The third-order valence-electron chi connectivity index (χ3n) is 4.55. The van der Waals surface area contributed by atoms with E-state index in [9.17, 15) is 19.7 Å². The van der Waals surface area contributed by atoms with E-state index in [1.54, 1.807) is 41.3 Å². The van der Waals surface area contributed by atoms with Crippen LogP contribution in [0.5, 0.6) is 0 Å². The molecule has 2 aromatic carbocycles. The van der Waals surface area contributed by atoms with Gasteiger partial charge in [-0.1, -0.05) is 17.7 Å². The van der Waals surface area contributed by atoms with Crippen LogP contribution in [-0.4, -0.2) is 54.4 Å². The second-order valence-corrected chi connectivity index (χ2v) is 6.77. The minimum absolute atomic E-state index is 0.0491. The van der Waals surface area contributed by atoms with Gasteiger partial charge in [0.25, 0.3) is 11.6 Å². The van der Waals surface area contributed by atoms with Gasteiger partial charge in [-0.05, 0) is 30.3 Å². The molecule has 0 radical (unpaired) electrons. The van der Waals surface area contributed by atoms with Gasteiger partial charge in [-0.15, -0.1) is 0 Å². The van der Waals surface area contributed by atoms with Gasteiger partial charge in [0.05, 0.1) is 11.5 Å². The van der Waals surface area contributed by atoms with Crippen LogP contribution in [0.3, 0.4) is 0 Å². The van der Waals surface area contributed by atoms with E-state index in [0.29, 0.717) is 36.8 Å². The Labute approximate surface area is 166 Å². The van der Waals surface area contributed by atoms with Gasteiger partial charge >= 0.3 is 0 Å². The number of nitrogens with zero attached hydrogens (tertiary/aromatic N) is 3. The summed E-state index contributed by atoms with van der Waals surface area (Å²) >= 11 is 5.87. The molecule has 0 aliphatic carbocycles. The zero-order chi connectivity index (χ0) is 20.1. The standard InChI is InChI=1S/C19H19ClN4O4/c20-15-3-1-2-14(12-15)19(26)21-13-18(25)23-10-8-22(9-11-23)16-4-6-17(7-5-16)24(27)28/h1-7,12H,8-11,13H2,(H,21,26). The van der Waals surface area contributed by atoms with E-state index >= 15 is 0 Å². The number of benzene rings is 2. The first-order valence-corrected chi connectivity index (χ1v) is 9.13. The fraction of sp³-hybridized carbons (Fsp3) is 0.263. The molecule has 1 heterocycles. The zero-order valence-corrected chi connectivity index (χ0v) is 15.8. The molecule has 2 amide bonds. The Kier molecular flexibility index (Phi) is 6.10. The summed E-state index contributed by atoms with van der Waals surface area (Å²) in [4.78, 5) is 38.5. The number of nitro groups is 1. The Morgan fingerprint density at radius 2 is 1.75 bits per heavy atom. The highest BCUT2D eigenvalue weighted by Crippen LogP contribution is 2.20. The summed E-state index contributed by atoms with van der Waals surface area (Å²) in [6, 6.07) is 12.9. The molecule has 0 bridgehead atoms. The van der Waals surface area contributed by atoms with Crippen LogP contribution in [0, 0.1) is 10.1 Å². The summed E-state index contributed by atoms with van der Waals surface area (Å²) in [5.74, 6) is -0.501. The van der Waals surface area contributed by atoms with E-state index in [0.717, 1.165) is 5.69 Å². The van der Waals surface area contributed by atoms with Gasteiger partial charge in [0, 0.05) is 54.6 Å². The van der Waals surface area contributed by atoms with E-state index in [1.165, 1.54) is 12.1 Å². The highest BCUT2D eigenvalue weighted by molar-refractivity contribution is 6.30. The quantitative estimate of drug-likeness (QED) is 0.611. The number of nitrogens with one attached hydrogen (secondary N) is 1. The first kappa shape index (κ1) is 19.6. The molecule has 2 aromatic rings. The van der Waals surface area contributed by atoms with E-state index < -0.39 is 4.92 Å². The van der Waals surface area contributed by atoms with Crippen LogP contribution in [0.4, 0.5) is 11.4 Å². The van der Waals surface area contributed by atoms with Crippen molar-refractivity contribution in [2.45, 2.75) is 0 Å². The van der Waals surface area contributed by atoms with Crippen molar-refractivity contribution in [3.05, 3.63) is 69.2 Å². The summed E-state index contributed by atoms with van der Waals surface area (Å²) in [5, 5.41) is 13.8. The van der Waals surface area contributed by atoms with E-state index in [4.69, 9.17) is 11.6 Å². The van der Waals surface area contributed by atoms with Gasteiger partial charge in [-0.25, -0.2) is 0 Å². The zero-order valence-electron chi connectivity index (χ0n) is 15.0. The van der Waals surface area contributed by atoms with Gasteiger partial charge in [0.15, 0.2) is 0 Å². The highest BCUT2D eigenvalue weighted by atomic mass is 35.5. The van der Waals surface area contributed by atoms with Gasteiger partial charge < -0.3 is 15.1 Å². The maximum atomic E-state index is 12.4. The molecule has 9 heteroatoms. The molecule has 3 rings (SSSR count). The molecule has 8 nitrogen and oxygen atoms in total. The Hall–Kier alpha value is -3.13. The van der Waals surface area contributed by atoms with Crippen molar-refractivity contribution in [1.29, 1.82) is 0 Å². The SMILES string of the molecule is O=C(NCC(=O)N1CCN(c2ccc([N+](=O)[O-])cc2)CC1)c1cccc(Cl)c1. The number of hydrogen-bond acceptors (Lipinski definition) is 5. The fourth-order valence-corrected chi connectivity index (χ4v) is 3.19. The van der Waals surface area contributed by atoms with Crippen LogP contribution in [0.1, 0.15) is 10.4 Å². The van der Waals surface area contributed by atoms with Gasteiger partial charge in [0.1, 0.15) is 0 Å². The topological polar surface area (TPSA) is 95.8 Å². The molecule has 0 atom stereocenters. The molecule has 0 unspecified atom stereocenters. The number of carbonyl (C=O) groups is 2. The van der Waals surface area contributed by atoms with E-state index in [2.05, 4.69) is 10.2 Å². The fourth-order valence-electron chi connectivity index (χ4n) is 3.00. The maximum absolute atomic E-state index is 12.4. The van der Waals surface area contributed by atoms with Crippen LogP contribution in [-0.2, 0) is 4.79 Å². The van der Waals surface area contributed by atoms with Crippen molar-refractivity contribution in [2.24, 2.45) is 0 Å². The Balaban J connectivity index is 1.48. The Bertz CT molecular complexity index is 880. The highest BCUT2D eigenvalue weighted by Gasteiger charge is 2.22. The monoisotopic (exact) mass is 402 g/mol. The van der Waals surface area contributed by atoms with Crippen molar-refractivity contribution in [3.63, 3.8) is 0 Å². The number of non-ortho nitro benzene ring substituents is 1. The van der Waals surface area contributed by atoms with Gasteiger partial charge in [-0.3, -0.25) is 19.7 Å². The van der Waals surface area contributed by atoms with Crippen molar-refractivity contribution in [1.82, 2.24) is 10.2 Å². The lowest BCUT2D eigenvalue weighted by atomic mass is 10.2. The van der Waals surface area contributed by atoms with Crippen LogP contribution in [0.2, 0.25) is 5.02 Å². The first-order valence-electron chi connectivity index (χ1n) is 8.75. The molecule has 0 spiro atoms. The van der Waals surface area contributed by atoms with Crippen LogP contribution in [0.25, 0.3) is 0 Å². The molecule has 1 saturated heterocycles. The lowest BCUT2D eigenvalue weighted by Gasteiger charge is -2.36. The molecular weight excluding hydrogens is 384 g/mol. The summed E-state index contributed by atoms with van der Waals surface area (Å²) in [6.07, 6.45) is 0. The molecule has 0 aromatic heterocycles. The lowest BCUT2D eigenvalue weighted by Crippen LogP contribution is -2.51. The molecule has 146 valence electrons. The molecule has 1 N–H and O–H groups in total. The van der Waals surface area contributed by atoms with Crippen molar-refractivity contribution in [2.75, 3.05) is 37.6 Å². The van der Waals surface area contributed by atoms with Crippen molar-refractivity contribution >= 4 is 34.8 Å². The summed E-state index contributed by atoms with van der Waals surface area (Å²) in [6.45, 7) is 2.19. The molecule has 0 saturated carbocycles. The van der Waals surface area contributed by atoms with Crippen molar-refractivity contribution < 1.29 is 14.5 Å². The molecule has 1 fully saturated rings. The predicted octanol–water partition coefficient (Wildman–Crippen LogP) is 2.33. The normalized spacial score (nSPS) is 13.9. The molecular formula is C19H19ClN4O4. The average Bonchev–Trinajstić information content (AvgIpc) is 2.72. The van der Waals surface area contributed by atoms with E-state index in [-0.39, 0.29) is 24.0 Å². The van der Waals surface area contributed by atoms with E-state index in [1.807, 2.05) is 0 Å². The third kappa shape index (κ3) is 4.77. The van der Waals surface area contributed by atoms with Gasteiger partial charge in [-0.2, -0.15) is 0 Å². The molecule has 28 heavy (non-hydrogen) atoms.